The summed E-state index contributed by atoms with van der Waals surface area (Å²) in [7, 11) is 0. The van der Waals surface area contributed by atoms with Gasteiger partial charge in [-0.2, -0.15) is 0 Å². The molecular formula is C17H23NO3. The van der Waals surface area contributed by atoms with Gasteiger partial charge >= 0.3 is 0 Å². The SMILES string of the molecule is O=C(NCC1(O)CCCC1)c1ccc(OCC2CC2)cc1. The lowest BCUT2D eigenvalue weighted by atomic mass is 10.0. The zero-order valence-electron chi connectivity index (χ0n) is 12.3. The van der Waals surface area contributed by atoms with Gasteiger partial charge in [0.15, 0.2) is 0 Å². The summed E-state index contributed by atoms with van der Waals surface area (Å²) in [6, 6.07) is 7.22. The molecule has 2 saturated carbocycles. The molecule has 4 heteroatoms. The summed E-state index contributed by atoms with van der Waals surface area (Å²) in [5, 5.41) is 13.1. The third-order valence-electron chi connectivity index (χ3n) is 4.41. The molecule has 0 bridgehead atoms. The predicted octanol–water partition coefficient (Wildman–Crippen LogP) is 2.51. The molecule has 0 saturated heterocycles. The molecule has 2 N–H and O–H groups in total. The van der Waals surface area contributed by atoms with E-state index in [1.165, 1.54) is 12.8 Å². The number of hydrogen-bond acceptors (Lipinski definition) is 3. The number of hydrogen-bond donors (Lipinski definition) is 2. The van der Waals surface area contributed by atoms with Crippen LogP contribution in [0, 0.1) is 5.92 Å². The Morgan fingerprint density at radius 3 is 2.52 bits per heavy atom. The van der Waals surface area contributed by atoms with E-state index in [0.717, 1.165) is 44.0 Å². The van der Waals surface area contributed by atoms with Crippen LogP contribution in [0.4, 0.5) is 0 Å². The van der Waals surface area contributed by atoms with Crippen molar-refractivity contribution in [1.29, 1.82) is 0 Å². The molecule has 0 aromatic heterocycles. The lowest BCUT2D eigenvalue weighted by Gasteiger charge is -2.22. The first-order chi connectivity index (χ1) is 10.1. The van der Waals surface area contributed by atoms with Gasteiger partial charge in [-0.3, -0.25) is 4.79 Å². The minimum absolute atomic E-state index is 0.135. The van der Waals surface area contributed by atoms with Gasteiger partial charge in [0.05, 0.1) is 12.2 Å². The number of benzene rings is 1. The molecule has 21 heavy (non-hydrogen) atoms. The van der Waals surface area contributed by atoms with Crippen LogP contribution in [0.15, 0.2) is 24.3 Å². The van der Waals surface area contributed by atoms with E-state index in [-0.39, 0.29) is 5.91 Å². The summed E-state index contributed by atoms with van der Waals surface area (Å²) in [6.07, 6.45) is 6.17. The molecule has 1 aromatic carbocycles. The van der Waals surface area contributed by atoms with Crippen molar-refractivity contribution in [3.8, 4) is 5.75 Å². The third kappa shape index (κ3) is 3.97. The molecule has 1 amide bonds. The highest BCUT2D eigenvalue weighted by atomic mass is 16.5. The van der Waals surface area contributed by atoms with Gasteiger partial charge in [0, 0.05) is 12.1 Å². The fourth-order valence-corrected chi connectivity index (χ4v) is 2.76. The highest BCUT2D eigenvalue weighted by Gasteiger charge is 2.31. The Morgan fingerprint density at radius 2 is 1.90 bits per heavy atom. The van der Waals surface area contributed by atoms with Crippen molar-refractivity contribution in [2.45, 2.75) is 44.1 Å². The number of amides is 1. The second kappa shape index (κ2) is 6.06. The fraction of sp³-hybridized carbons (Fsp3) is 0.588. The maximum atomic E-state index is 12.1. The maximum absolute atomic E-state index is 12.1. The molecule has 0 radical (unpaired) electrons. The minimum Gasteiger partial charge on any atom is -0.493 e. The largest absolute Gasteiger partial charge is 0.493 e. The molecule has 0 atom stereocenters. The summed E-state index contributed by atoms with van der Waals surface area (Å²) in [4.78, 5) is 12.1. The average molecular weight is 289 g/mol. The van der Waals surface area contributed by atoms with Crippen molar-refractivity contribution >= 4 is 5.91 Å². The number of rotatable bonds is 6. The van der Waals surface area contributed by atoms with Crippen LogP contribution in [-0.4, -0.2) is 29.8 Å². The van der Waals surface area contributed by atoms with Crippen LogP contribution in [0.25, 0.3) is 0 Å². The second-order valence-electron chi connectivity index (χ2n) is 6.39. The summed E-state index contributed by atoms with van der Waals surface area (Å²) in [5.41, 5.74) is -0.0986. The molecule has 0 aliphatic heterocycles. The van der Waals surface area contributed by atoms with Gasteiger partial charge in [-0.1, -0.05) is 12.8 Å². The van der Waals surface area contributed by atoms with E-state index in [0.29, 0.717) is 12.1 Å². The van der Waals surface area contributed by atoms with E-state index in [2.05, 4.69) is 5.32 Å². The first-order valence-electron chi connectivity index (χ1n) is 7.88. The van der Waals surface area contributed by atoms with E-state index >= 15 is 0 Å². The van der Waals surface area contributed by atoms with Crippen LogP contribution in [-0.2, 0) is 0 Å². The van der Waals surface area contributed by atoms with Crippen molar-refractivity contribution in [2.24, 2.45) is 5.92 Å². The van der Waals surface area contributed by atoms with Crippen LogP contribution in [0.5, 0.6) is 5.75 Å². The van der Waals surface area contributed by atoms with Crippen LogP contribution < -0.4 is 10.1 Å². The van der Waals surface area contributed by atoms with Crippen LogP contribution in [0.2, 0.25) is 0 Å². The molecule has 3 rings (SSSR count). The predicted molar refractivity (Wildman–Crippen MR) is 80.4 cm³/mol. The van der Waals surface area contributed by atoms with E-state index < -0.39 is 5.60 Å². The summed E-state index contributed by atoms with van der Waals surface area (Å²) >= 11 is 0. The van der Waals surface area contributed by atoms with Crippen LogP contribution in [0.1, 0.15) is 48.9 Å². The van der Waals surface area contributed by atoms with E-state index in [4.69, 9.17) is 4.74 Å². The summed E-state index contributed by atoms with van der Waals surface area (Å²) in [5.74, 6) is 1.40. The lowest BCUT2D eigenvalue weighted by Crippen LogP contribution is -2.40. The molecule has 114 valence electrons. The second-order valence-corrected chi connectivity index (χ2v) is 6.39. The first kappa shape index (κ1) is 14.4. The van der Waals surface area contributed by atoms with Gasteiger partial charge in [-0.05, 0) is 55.9 Å². The Morgan fingerprint density at radius 1 is 1.24 bits per heavy atom. The summed E-state index contributed by atoms with van der Waals surface area (Å²) < 4.78 is 5.65. The summed E-state index contributed by atoms with van der Waals surface area (Å²) in [6.45, 7) is 1.12. The monoisotopic (exact) mass is 289 g/mol. The van der Waals surface area contributed by atoms with Crippen molar-refractivity contribution < 1.29 is 14.6 Å². The quantitative estimate of drug-likeness (QED) is 0.846. The molecule has 0 heterocycles. The van der Waals surface area contributed by atoms with E-state index in [1.54, 1.807) is 12.1 Å². The Kier molecular flexibility index (Phi) is 4.15. The molecule has 1 aromatic rings. The van der Waals surface area contributed by atoms with Crippen LogP contribution in [0.3, 0.4) is 0 Å². The third-order valence-corrected chi connectivity index (χ3v) is 4.41. The molecule has 0 spiro atoms. The Balaban J connectivity index is 1.49. The Hall–Kier alpha value is -1.55. The van der Waals surface area contributed by atoms with Crippen molar-refractivity contribution in [3.63, 3.8) is 0 Å². The number of ether oxygens (including phenoxy) is 1. The lowest BCUT2D eigenvalue weighted by molar-refractivity contribution is 0.0449. The molecule has 2 aliphatic carbocycles. The number of aliphatic hydroxyl groups is 1. The number of carbonyl (C=O) groups excluding carboxylic acids is 1. The molecule has 2 aliphatic rings. The van der Waals surface area contributed by atoms with Gasteiger partial charge in [-0.25, -0.2) is 0 Å². The van der Waals surface area contributed by atoms with Crippen LogP contribution >= 0.6 is 0 Å². The first-order valence-corrected chi connectivity index (χ1v) is 7.88. The fourth-order valence-electron chi connectivity index (χ4n) is 2.76. The normalized spacial score (nSPS) is 20.2. The van der Waals surface area contributed by atoms with Gasteiger partial charge in [-0.15, -0.1) is 0 Å². The van der Waals surface area contributed by atoms with E-state index in [1.807, 2.05) is 12.1 Å². The van der Waals surface area contributed by atoms with E-state index in [9.17, 15) is 9.90 Å². The van der Waals surface area contributed by atoms with Gasteiger partial charge in [0.25, 0.3) is 5.91 Å². The average Bonchev–Trinajstić information content (AvgIpc) is 3.24. The molecule has 0 unspecified atom stereocenters. The van der Waals surface area contributed by atoms with Crippen molar-refractivity contribution in [1.82, 2.24) is 5.32 Å². The maximum Gasteiger partial charge on any atom is 0.251 e. The zero-order valence-corrected chi connectivity index (χ0v) is 12.3. The van der Waals surface area contributed by atoms with Gasteiger partial charge in [0.1, 0.15) is 5.75 Å². The highest BCUT2D eigenvalue weighted by Crippen LogP contribution is 2.30. The number of nitrogens with one attached hydrogen (secondary N) is 1. The molecule has 2 fully saturated rings. The van der Waals surface area contributed by atoms with Gasteiger partial charge in [0.2, 0.25) is 0 Å². The zero-order chi connectivity index (χ0) is 14.7. The van der Waals surface area contributed by atoms with Gasteiger partial charge < -0.3 is 15.2 Å². The molecular weight excluding hydrogens is 266 g/mol. The highest BCUT2D eigenvalue weighted by molar-refractivity contribution is 5.94. The Bertz CT molecular complexity index is 487. The van der Waals surface area contributed by atoms with Crippen molar-refractivity contribution in [2.75, 3.05) is 13.2 Å². The number of carbonyl (C=O) groups is 1. The standard InChI is InChI=1S/C17H23NO3/c19-16(18-12-17(20)9-1-2-10-17)14-5-7-15(8-6-14)21-11-13-3-4-13/h5-8,13,20H,1-4,9-12H2,(H,18,19). The Labute approximate surface area is 125 Å². The topological polar surface area (TPSA) is 58.6 Å². The minimum atomic E-state index is -0.705. The molecule has 4 nitrogen and oxygen atoms in total. The smallest absolute Gasteiger partial charge is 0.251 e. The van der Waals surface area contributed by atoms with Crippen molar-refractivity contribution in [3.05, 3.63) is 29.8 Å².